The van der Waals surface area contributed by atoms with E-state index in [9.17, 15) is 13.2 Å². The third-order valence-electron chi connectivity index (χ3n) is 2.34. The van der Waals surface area contributed by atoms with Gasteiger partial charge in [0.25, 0.3) is 0 Å². The first kappa shape index (κ1) is 14.4. The number of hydrogen-bond donors (Lipinski definition) is 1. The van der Waals surface area contributed by atoms with Gasteiger partial charge in [-0.3, -0.25) is 4.79 Å². The number of nitrogens with zero attached hydrogens (tertiary/aromatic N) is 1. The molecule has 0 saturated carbocycles. The molecule has 1 fully saturated rings. The molecular formula is C10H19NO5S. The maximum absolute atomic E-state index is 12.1. The van der Waals surface area contributed by atoms with E-state index >= 15 is 0 Å². The molecule has 1 aliphatic rings. The molecule has 0 aliphatic carbocycles. The summed E-state index contributed by atoms with van der Waals surface area (Å²) in [5.41, 5.74) is -0.403. The van der Waals surface area contributed by atoms with Crippen LogP contribution in [0.15, 0.2) is 0 Å². The molecule has 1 unspecified atom stereocenters. The van der Waals surface area contributed by atoms with E-state index in [1.807, 2.05) is 0 Å². The highest BCUT2D eigenvalue weighted by atomic mass is 32.2. The molecule has 0 aromatic carbocycles. The van der Waals surface area contributed by atoms with Crippen molar-refractivity contribution in [1.29, 1.82) is 0 Å². The molecule has 0 spiro atoms. The second kappa shape index (κ2) is 4.91. The fraction of sp³-hybridized carbons (Fsp3) is 0.900. The molecule has 0 amide bonds. The lowest BCUT2D eigenvalue weighted by Gasteiger charge is -2.33. The van der Waals surface area contributed by atoms with Gasteiger partial charge in [-0.05, 0) is 5.41 Å². The van der Waals surface area contributed by atoms with E-state index in [1.165, 1.54) is 0 Å². The number of sulfonamides is 1. The lowest BCUT2D eigenvalue weighted by molar-refractivity contribution is -0.146. The summed E-state index contributed by atoms with van der Waals surface area (Å²) in [7, 11) is -3.56. The fourth-order valence-corrected chi connectivity index (χ4v) is 3.90. The average Bonchev–Trinajstić information content (AvgIpc) is 2.14. The Balaban J connectivity index is 2.91. The monoisotopic (exact) mass is 265 g/mol. The van der Waals surface area contributed by atoms with E-state index < -0.39 is 27.4 Å². The first-order chi connectivity index (χ1) is 7.63. The number of hydrogen-bond acceptors (Lipinski definition) is 4. The first-order valence-corrected chi connectivity index (χ1v) is 7.04. The maximum Gasteiger partial charge on any atom is 0.324 e. The lowest BCUT2D eigenvalue weighted by Crippen LogP contribution is -2.54. The zero-order chi connectivity index (χ0) is 13.3. The Kier molecular flexibility index (Phi) is 4.16. The van der Waals surface area contributed by atoms with Crippen LogP contribution < -0.4 is 0 Å². The van der Waals surface area contributed by atoms with Crippen LogP contribution in [0.3, 0.4) is 0 Å². The first-order valence-electron chi connectivity index (χ1n) is 5.43. The van der Waals surface area contributed by atoms with Gasteiger partial charge in [-0.1, -0.05) is 20.8 Å². The van der Waals surface area contributed by atoms with E-state index in [0.29, 0.717) is 0 Å². The van der Waals surface area contributed by atoms with Crippen LogP contribution in [0, 0.1) is 5.41 Å². The molecule has 0 aromatic rings. The van der Waals surface area contributed by atoms with Crippen molar-refractivity contribution in [2.75, 3.05) is 25.5 Å². The third kappa shape index (κ3) is 3.93. The van der Waals surface area contributed by atoms with Gasteiger partial charge in [-0.15, -0.1) is 0 Å². The molecule has 1 rings (SSSR count). The van der Waals surface area contributed by atoms with Crippen LogP contribution in [0.25, 0.3) is 0 Å². The highest BCUT2D eigenvalue weighted by molar-refractivity contribution is 7.89. The van der Waals surface area contributed by atoms with Gasteiger partial charge >= 0.3 is 5.97 Å². The number of morpholine rings is 1. The maximum atomic E-state index is 12.1. The molecule has 17 heavy (non-hydrogen) atoms. The SMILES string of the molecule is CC(C)(C)CS(=O)(=O)N1CCOCC1C(=O)O. The third-order valence-corrected chi connectivity index (χ3v) is 4.72. The van der Waals surface area contributed by atoms with Gasteiger partial charge in [0.05, 0.1) is 19.0 Å². The van der Waals surface area contributed by atoms with Crippen molar-refractivity contribution in [3.63, 3.8) is 0 Å². The molecule has 0 radical (unpaired) electrons. The molecular weight excluding hydrogens is 246 g/mol. The molecule has 100 valence electrons. The zero-order valence-electron chi connectivity index (χ0n) is 10.3. The van der Waals surface area contributed by atoms with E-state index in [-0.39, 0.29) is 25.5 Å². The second-order valence-electron chi connectivity index (χ2n) is 5.36. The Bertz CT molecular complexity index is 384. The van der Waals surface area contributed by atoms with Crippen LogP contribution in [0.1, 0.15) is 20.8 Å². The van der Waals surface area contributed by atoms with Crippen LogP contribution in [0.5, 0.6) is 0 Å². The number of carboxylic acid groups (broad SMARTS) is 1. The molecule has 1 saturated heterocycles. The van der Waals surface area contributed by atoms with Gasteiger partial charge in [0, 0.05) is 6.54 Å². The quantitative estimate of drug-likeness (QED) is 0.785. The standard InChI is InChI=1S/C10H19NO5S/c1-10(2,3)7-17(14,15)11-4-5-16-6-8(11)9(12)13/h8H,4-7H2,1-3H3,(H,12,13). The van der Waals surface area contributed by atoms with Gasteiger partial charge in [-0.25, -0.2) is 8.42 Å². The summed E-state index contributed by atoms with van der Waals surface area (Å²) < 4.78 is 30.3. The van der Waals surface area contributed by atoms with Crippen LogP contribution in [0.4, 0.5) is 0 Å². The van der Waals surface area contributed by atoms with E-state index in [2.05, 4.69) is 0 Å². The minimum atomic E-state index is -3.56. The van der Waals surface area contributed by atoms with E-state index in [0.717, 1.165) is 4.31 Å². The minimum Gasteiger partial charge on any atom is -0.480 e. The minimum absolute atomic E-state index is 0.0657. The Morgan fingerprint density at radius 2 is 2.06 bits per heavy atom. The normalized spacial score (nSPS) is 23.6. The summed E-state index contributed by atoms with van der Waals surface area (Å²) in [5, 5.41) is 8.98. The average molecular weight is 265 g/mol. The van der Waals surface area contributed by atoms with Crippen molar-refractivity contribution in [2.45, 2.75) is 26.8 Å². The molecule has 0 bridgehead atoms. The molecule has 1 heterocycles. The van der Waals surface area contributed by atoms with Gasteiger partial charge in [0.15, 0.2) is 0 Å². The van der Waals surface area contributed by atoms with Crippen LogP contribution >= 0.6 is 0 Å². The molecule has 1 N–H and O–H groups in total. The fourth-order valence-electron chi connectivity index (χ4n) is 1.75. The molecule has 1 atom stereocenters. The largest absolute Gasteiger partial charge is 0.480 e. The van der Waals surface area contributed by atoms with Gasteiger partial charge < -0.3 is 9.84 Å². The molecule has 1 aliphatic heterocycles. The number of carbonyl (C=O) groups is 1. The van der Waals surface area contributed by atoms with Gasteiger partial charge in [0.2, 0.25) is 10.0 Å². The summed E-state index contributed by atoms with van der Waals surface area (Å²) in [4.78, 5) is 11.0. The van der Waals surface area contributed by atoms with Crippen LogP contribution in [-0.4, -0.2) is 55.4 Å². The van der Waals surface area contributed by atoms with Gasteiger partial charge in [0.1, 0.15) is 6.04 Å². The van der Waals surface area contributed by atoms with E-state index in [1.54, 1.807) is 20.8 Å². The number of carboxylic acids is 1. The summed E-state index contributed by atoms with van der Waals surface area (Å²) in [6.07, 6.45) is 0. The summed E-state index contributed by atoms with van der Waals surface area (Å²) >= 11 is 0. The Hall–Kier alpha value is -0.660. The predicted octanol–water partition coefficient (Wildman–Crippen LogP) is 0.148. The van der Waals surface area contributed by atoms with Crippen molar-refractivity contribution in [3.05, 3.63) is 0 Å². The number of aliphatic carboxylic acids is 1. The van der Waals surface area contributed by atoms with Crippen molar-refractivity contribution < 1.29 is 23.1 Å². The van der Waals surface area contributed by atoms with Crippen molar-refractivity contribution in [1.82, 2.24) is 4.31 Å². The van der Waals surface area contributed by atoms with Crippen LogP contribution in [-0.2, 0) is 19.6 Å². The number of rotatable bonds is 3. The Labute approximate surface area is 102 Å². The highest BCUT2D eigenvalue weighted by Gasteiger charge is 2.39. The molecule has 7 heteroatoms. The van der Waals surface area contributed by atoms with Gasteiger partial charge in [-0.2, -0.15) is 4.31 Å². The number of ether oxygens (including phenoxy) is 1. The Morgan fingerprint density at radius 3 is 2.53 bits per heavy atom. The molecule has 0 aromatic heterocycles. The molecule has 6 nitrogen and oxygen atoms in total. The van der Waals surface area contributed by atoms with Crippen molar-refractivity contribution in [3.8, 4) is 0 Å². The zero-order valence-corrected chi connectivity index (χ0v) is 11.2. The predicted molar refractivity (Wildman–Crippen MR) is 62.2 cm³/mol. The smallest absolute Gasteiger partial charge is 0.324 e. The highest BCUT2D eigenvalue weighted by Crippen LogP contribution is 2.21. The van der Waals surface area contributed by atoms with E-state index in [4.69, 9.17) is 9.84 Å². The topological polar surface area (TPSA) is 83.9 Å². The van der Waals surface area contributed by atoms with Crippen molar-refractivity contribution in [2.24, 2.45) is 5.41 Å². The second-order valence-corrected chi connectivity index (χ2v) is 7.28. The summed E-state index contributed by atoms with van der Waals surface area (Å²) in [5.74, 6) is -1.23. The van der Waals surface area contributed by atoms with Crippen LogP contribution in [0.2, 0.25) is 0 Å². The summed E-state index contributed by atoms with van der Waals surface area (Å²) in [6.45, 7) is 5.68. The van der Waals surface area contributed by atoms with Crippen molar-refractivity contribution >= 4 is 16.0 Å². The Morgan fingerprint density at radius 1 is 1.47 bits per heavy atom. The lowest BCUT2D eigenvalue weighted by atomic mass is 10.0. The summed E-state index contributed by atoms with van der Waals surface area (Å²) in [6, 6.07) is -1.10.